The summed E-state index contributed by atoms with van der Waals surface area (Å²) in [5, 5.41) is 15.9. The van der Waals surface area contributed by atoms with Gasteiger partial charge in [-0.1, -0.05) is 6.92 Å². The summed E-state index contributed by atoms with van der Waals surface area (Å²) in [4.78, 5) is 13.0. The van der Waals surface area contributed by atoms with Crippen LogP contribution in [0.25, 0.3) is 11.2 Å². The molecule has 4 rings (SSSR count). The molecule has 2 aromatic rings. The smallest absolute Gasteiger partial charge is 0.305 e. The molecule has 1 fully saturated rings. The number of anilines is 1. The number of hydroxylamine groups is 2. The van der Waals surface area contributed by atoms with Gasteiger partial charge in [-0.2, -0.15) is 4.98 Å². The first-order chi connectivity index (χ1) is 11.6. The zero-order chi connectivity index (χ0) is 16.7. The van der Waals surface area contributed by atoms with Crippen molar-refractivity contribution in [2.45, 2.75) is 32.3 Å². The number of oxazole rings is 1. The summed E-state index contributed by atoms with van der Waals surface area (Å²) in [5.41, 5.74) is 1.46. The number of aromatic nitrogens is 2. The number of rotatable bonds is 2. The SMILES string of the molecule is CCC1CCN([O-])C[C@@]12CN=C(Nc1nc3ccc(C)nc3o1)O2. The number of nitrogens with zero attached hydrogens (tertiary/aromatic N) is 4. The topological polar surface area (TPSA) is 98.8 Å². The van der Waals surface area contributed by atoms with Crippen LogP contribution in [0.15, 0.2) is 21.5 Å². The van der Waals surface area contributed by atoms with Crippen molar-refractivity contribution < 1.29 is 9.15 Å². The monoisotopic (exact) mass is 330 g/mol. The highest BCUT2D eigenvalue weighted by Crippen LogP contribution is 2.36. The lowest BCUT2D eigenvalue weighted by molar-refractivity contribution is -0.0330. The molecule has 0 aliphatic carbocycles. The second-order valence-electron chi connectivity index (χ2n) is 6.47. The quantitative estimate of drug-likeness (QED) is 0.902. The lowest BCUT2D eigenvalue weighted by Crippen LogP contribution is -2.54. The molecule has 2 aromatic heterocycles. The Bertz CT molecular complexity index is 789. The van der Waals surface area contributed by atoms with Crippen LogP contribution in [-0.4, -0.2) is 46.3 Å². The zero-order valence-corrected chi connectivity index (χ0v) is 13.8. The summed E-state index contributed by atoms with van der Waals surface area (Å²) in [6, 6.07) is 4.38. The minimum atomic E-state index is -0.544. The van der Waals surface area contributed by atoms with Crippen molar-refractivity contribution in [3.8, 4) is 0 Å². The van der Waals surface area contributed by atoms with Gasteiger partial charge in [0.15, 0.2) is 0 Å². The predicted molar refractivity (Wildman–Crippen MR) is 89.6 cm³/mol. The highest BCUT2D eigenvalue weighted by atomic mass is 16.5. The van der Waals surface area contributed by atoms with Crippen molar-refractivity contribution in [1.29, 1.82) is 0 Å². The molecule has 1 N–H and O–H groups in total. The maximum Gasteiger partial charge on any atom is 0.305 e. The third kappa shape index (κ3) is 2.61. The lowest BCUT2D eigenvalue weighted by atomic mass is 9.80. The van der Waals surface area contributed by atoms with Crippen LogP contribution in [0.2, 0.25) is 0 Å². The predicted octanol–water partition coefficient (Wildman–Crippen LogP) is 2.30. The first-order valence-corrected chi connectivity index (χ1v) is 8.25. The summed E-state index contributed by atoms with van der Waals surface area (Å²) in [7, 11) is 0. The van der Waals surface area contributed by atoms with E-state index in [2.05, 4.69) is 27.2 Å². The van der Waals surface area contributed by atoms with Gasteiger partial charge in [-0.15, -0.1) is 0 Å². The van der Waals surface area contributed by atoms with Gasteiger partial charge in [0.05, 0.1) is 6.54 Å². The zero-order valence-electron chi connectivity index (χ0n) is 13.8. The Hall–Kier alpha value is -2.19. The number of nitrogens with one attached hydrogen (secondary N) is 1. The molecule has 0 amide bonds. The van der Waals surface area contributed by atoms with Gasteiger partial charge in [-0.05, 0) is 38.4 Å². The van der Waals surface area contributed by atoms with Crippen molar-refractivity contribution in [1.82, 2.24) is 15.0 Å². The minimum Gasteiger partial charge on any atom is -0.785 e. The Morgan fingerprint density at radius 3 is 3.12 bits per heavy atom. The fourth-order valence-electron chi connectivity index (χ4n) is 3.52. The summed E-state index contributed by atoms with van der Waals surface area (Å²) in [5.74, 6) is 0.318. The number of aliphatic imine (C=N–C) groups is 1. The van der Waals surface area contributed by atoms with Crippen LogP contribution in [0.4, 0.5) is 6.01 Å². The number of hydrogen-bond donors (Lipinski definition) is 1. The number of pyridine rings is 1. The third-order valence-corrected chi connectivity index (χ3v) is 4.81. The first-order valence-electron chi connectivity index (χ1n) is 8.25. The lowest BCUT2D eigenvalue weighted by Gasteiger charge is -2.47. The van der Waals surface area contributed by atoms with E-state index in [1.165, 1.54) is 0 Å². The number of piperidine rings is 1. The van der Waals surface area contributed by atoms with Crippen LogP contribution in [0.5, 0.6) is 0 Å². The van der Waals surface area contributed by atoms with Crippen molar-refractivity contribution in [3.05, 3.63) is 23.0 Å². The fourth-order valence-corrected chi connectivity index (χ4v) is 3.52. The number of amidine groups is 1. The Labute approximate surface area is 139 Å². The average molecular weight is 330 g/mol. The largest absolute Gasteiger partial charge is 0.785 e. The molecule has 128 valence electrons. The molecule has 0 bridgehead atoms. The number of aryl methyl sites for hydroxylation is 1. The molecule has 1 spiro atoms. The fraction of sp³-hybridized carbons (Fsp3) is 0.562. The van der Waals surface area contributed by atoms with Crippen LogP contribution in [0.3, 0.4) is 0 Å². The van der Waals surface area contributed by atoms with E-state index in [1.807, 2.05) is 19.1 Å². The van der Waals surface area contributed by atoms with E-state index in [-0.39, 0.29) is 0 Å². The molecule has 8 nitrogen and oxygen atoms in total. The average Bonchev–Trinajstić information content (AvgIpc) is 3.11. The van der Waals surface area contributed by atoms with E-state index in [4.69, 9.17) is 9.15 Å². The first kappa shape index (κ1) is 15.3. The Kier molecular flexibility index (Phi) is 3.65. The van der Waals surface area contributed by atoms with Gasteiger partial charge in [0.2, 0.25) is 5.71 Å². The molecule has 2 atom stereocenters. The van der Waals surface area contributed by atoms with Crippen molar-refractivity contribution in [3.63, 3.8) is 0 Å². The highest BCUT2D eigenvalue weighted by Gasteiger charge is 2.46. The van der Waals surface area contributed by atoms with Gasteiger partial charge in [0, 0.05) is 18.2 Å². The van der Waals surface area contributed by atoms with E-state index in [0.29, 0.717) is 48.8 Å². The molecule has 1 unspecified atom stereocenters. The van der Waals surface area contributed by atoms with E-state index < -0.39 is 5.60 Å². The van der Waals surface area contributed by atoms with E-state index >= 15 is 0 Å². The van der Waals surface area contributed by atoms with Crippen LogP contribution < -0.4 is 5.32 Å². The molecule has 0 aromatic carbocycles. The van der Waals surface area contributed by atoms with Crippen LogP contribution >= 0.6 is 0 Å². The number of ether oxygens (including phenoxy) is 1. The standard InChI is InChI=1S/C16H20N5O3/c1-3-11-6-7-21(22)9-16(11)8-17-14(24-16)20-15-19-12-5-4-10(2)18-13(12)23-15/h4-5,11H,3,6-9H2,1-2H3,(H,17,19,20)/q-1/t11?,16-/m0/s1. The Morgan fingerprint density at radius 2 is 2.29 bits per heavy atom. The van der Waals surface area contributed by atoms with Crippen molar-refractivity contribution in [2.24, 2.45) is 10.9 Å². The molecular weight excluding hydrogens is 310 g/mol. The summed E-state index contributed by atoms with van der Waals surface area (Å²) in [6.07, 6.45) is 1.79. The van der Waals surface area contributed by atoms with Gasteiger partial charge >= 0.3 is 6.01 Å². The maximum absolute atomic E-state index is 11.8. The second kappa shape index (κ2) is 5.71. The molecule has 1 saturated heterocycles. The van der Waals surface area contributed by atoms with Crippen LogP contribution in [0, 0.1) is 18.0 Å². The minimum absolute atomic E-state index is 0.293. The van der Waals surface area contributed by atoms with Crippen molar-refractivity contribution >= 4 is 23.3 Å². The van der Waals surface area contributed by atoms with Crippen LogP contribution in [-0.2, 0) is 4.74 Å². The molecule has 2 aliphatic rings. The summed E-state index contributed by atoms with van der Waals surface area (Å²) in [6.45, 7) is 5.39. The molecule has 0 radical (unpaired) electrons. The Morgan fingerprint density at radius 1 is 1.42 bits per heavy atom. The van der Waals surface area contributed by atoms with E-state index in [1.54, 1.807) is 0 Å². The maximum atomic E-state index is 11.8. The third-order valence-electron chi connectivity index (χ3n) is 4.81. The summed E-state index contributed by atoms with van der Waals surface area (Å²) >= 11 is 0. The Balaban J connectivity index is 1.51. The highest BCUT2D eigenvalue weighted by molar-refractivity contribution is 5.89. The normalized spacial score (nSPS) is 27.5. The molecule has 4 heterocycles. The molecule has 8 heteroatoms. The van der Waals surface area contributed by atoms with Gasteiger partial charge < -0.3 is 19.4 Å². The van der Waals surface area contributed by atoms with Crippen molar-refractivity contribution in [2.75, 3.05) is 25.0 Å². The van der Waals surface area contributed by atoms with E-state index in [0.717, 1.165) is 23.6 Å². The second-order valence-corrected chi connectivity index (χ2v) is 6.47. The molecule has 0 saturated carbocycles. The molecular formula is C16H20N5O3-. The van der Waals surface area contributed by atoms with Gasteiger partial charge in [0.1, 0.15) is 11.1 Å². The summed E-state index contributed by atoms with van der Waals surface area (Å²) < 4.78 is 11.7. The number of hydrogen-bond acceptors (Lipinski definition) is 8. The molecule has 2 aliphatic heterocycles. The molecule has 24 heavy (non-hydrogen) atoms. The van der Waals surface area contributed by atoms with Gasteiger partial charge in [0.25, 0.3) is 6.02 Å². The van der Waals surface area contributed by atoms with Crippen LogP contribution in [0.1, 0.15) is 25.5 Å². The van der Waals surface area contributed by atoms with Gasteiger partial charge in [-0.3, -0.25) is 5.32 Å². The number of fused-ring (bicyclic) bond motifs is 1. The van der Waals surface area contributed by atoms with Gasteiger partial charge in [-0.25, -0.2) is 9.98 Å². The van der Waals surface area contributed by atoms with E-state index in [9.17, 15) is 5.21 Å².